The maximum absolute atomic E-state index is 12.7. The van der Waals surface area contributed by atoms with Gasteiger partial charge in [0.25, 0.3) is 5.91 Å². The Balaban J connectivity index is 2.37. The Morgan fingerprint density at radius 1 is 1.62 bits per heavy atom. The number of anilines is 1. The zero-order valence-corrected chi connectivity index (χ0v) is 14.7. The summed E-state index contributed by atoms with van der Waals surface area (Å²) in [4.78, 5) is 18.0. The topological polar surface area (TPSA) is 93.4 Å². The van der Waals surface area contributed by atoms with E-state index < -0.39 is 15.2 Å². The Hall–Kier alpha value is -0.800. The van der Waals surface area contributed by atoms with Crippen molar-refractivity contribution in [3.63, 3.8) is 0 Å². The summed E-state index contributed by atoms with van der Waals surface area (Å²) in [5.74, 6) is 0.831. The molecule has 0 bridgehead atoms. The van der Waals surface area contributed by atoms with Crippen LogP contribution in [0.25, 0.3) is 0 Å². The van der Waals surface area contributed by atoms with Crippen LogP contribution in [0.1, 0.15) is 17.3 Å². The Morgan fingerprint density at radius 3 is 3.00 bits per heavy atom. The fourth-order valence-electron chi connectivity index (χ4n) is 2.08. The Labute approximate surface area is 136 Å². The number of nitrogens with zero attached hydrogens (tertiary/aromatic N) is 2. The maximum atomic E-state index is 12.7. The van der Waals surface area contributed by atoms with E-state index in [2.05, 4.69) is 20.9 Å². The average Bonchev–Trinajstić information content (AvgIpc) is 2.49. The molecule has 2 heterocycles. The van der Waals surface area contributed by atoms with Crippen molar-refractivity contribution in [2.45, 2.75) is 12.3 Å². The van der Waals surface area contributed by atoms with Crippen molar-refractivity contribution in [1.29, 1.82) is 0 Å². The van der Waals surface area contributed by atoms with Gasteiger partial charge in [-0.15, -0.1) is 0 Å². The van der Waals surface area contributed by atoms with Gasteiger partial charge in [-0.2, -0.15) is 11.8 Å². The summed E-state index contributed by atoms with van der Waals surface area (Å²) in [5, 5.41) is -0.799. The van der Waals surface area contributed by atoms with E-state index in [0.717, 1.165) is 0 Å². The van der Waals surface area contributed by atoms with Gasteiger partial charge in [-0.3, -0.25) is 4.79 Å². The molecule has 21 heavy (non-hydrogen) atoms. The van der Waals surface area contributed by atoms with Gasteiger partial charge < -0.3 is 10.6 Å². The summed E-state index contributed by atoms with van der Waals surface area (Å²) in [6.45, 7) is 1.98. The smallest absolute Gasteiger partial charge is 0.258 e. The molecule has 1 aromatic heterocycles. The molecular weight excluding hydrogens is 378 g/mol. The lowest BCUT2D eigenvalue weighted by Crippen LogP contribution is -2.50. The van der Waals surface area contributed by atoms with Gasteiger partial charge in [-0.25, -0.2) is 13.4 Å². The first-order valence-corrected chi connectivity index (χ1v) is 10.0. The molecule has 6 nitrogen and oxygen atoms in total. The van der Waals surface area contributed by atoms with E-state index in [-0.39, 0.29) is 23.0 Å². The largest absolute Gasteiger partial charge is 0.383 e. The molecule has 1 aliphatic rings. The number of amides is 1. The fraction of sp³-hybridized carbons (Fsp3) is 0.500. The van der Waals surface area contributed by atoms with Crippen molar-refractivity contribution in [2.24, 2.45) is 0 Å². The number of pyridine rings is 1. The van der Waals surface area contributed by atoms with Crippen LogP contribution >= 0.6 is 27.7 Å². The lowest BCUT2D eigenvalue weighted by molar-refractivity contribution is 0.0750. The molecule has 1 fully saturated rings. The number of aromatic nitrogens is 1. The van der Waals surface area contributed by atoms with Gasteiger partial charge >= 0.3 is 0 Å². The summed E-state index contributed by atoms with van der Waals surface area (Å²) in [6.07, 6.45) is 1.50. The molecule has 2 rings (SSSR count). The van der Waals surface area contributed by atoms with Crippen molar-refractivity contribution in [3.8, 4) is 0 Å². The number of hydrogen-bond donors (Lipinski definition) is 1. The number of hydrogen-bond acceptors (Lipinski definition) is 6. The third kappa shape index (κ3) is 3.51. The van der Waals surface area contributed by atoms with Gasteiger partial charge in [-0.05, 0) is 22.0 Å². The SMILES string of the molecule is CCS(=O)(=O)C1CSCCN1C(=O)c1cc(Br)cnc1N. The van der Waals surface area contributed by atoms with E-state index in [9.17, 15) is 13.2 Å². The van der Waals surface area contributed by atoms with E-state index >= 15 is 0 Å². The molecule has 9 heteroatoms. The highest BCUT2D eigenvalue weighted by atomic mass is 79.9. The number of nitrogens with two attached hydrogens (primary N) is 1. The van der Waals surface area contributed by atoms with Crippen molar-refractivity contribution in [3.05, 3.63) is 22.3 Å². The molecule has 1 atom stereocenters. The summed E-state index contributed by atoms with van der Waals surface area (Å²) in [6, 6.07) is 1.57. The Bertz CT molecular complexity index is 651. The highest BCUT2D eigenvalue weighted by Gasteiger charge is 2.36. The molecule has 0 radical (unpaired) electrons. The normalized spacial score (nSPS) is 19.5. The molecule has 116 valence electrons. The first-order chi connectivity index (χ1) is 9.86. The maximum Gasteiger partial charge on any atom is 0.258 e. The van der Waals surface area contributed by atoms with Crippen LogP contribution in [0.5, 0.6) is 0 Å². The third-order valence-electron chi connectivity index (χ3n) is 3.28. The molecule has 1 aromatic rings. The van der Waals surface area contributed by atoms with E-state index in [1.807, 2.05) is 0 Å². The summed E-state index contributed by atoms with van der Waals surface area (Å²) in [5.41, 5.74) is 5.98. The van der Waals surface area contributed by atoms with E-state index in [1.165, 1.54) is 22.9 Å². The third-order valence-corrected chi connectivity index (χ3v) is 7.00. The number of sulfone groups is 1. The number of carbonyl (C=O) groups excluding carboxylic acids is 1. The van der Waals surface area contributed by atoms with Gasteiger partial charge in [0, 0.05) is 34.5 Å². The van der Waals surface area contributed by atoms with Crippen LogP contribution in [0.2, 0.25) is 0 Å². The second-order valence-corrected chi connectivity index (χ2v) is 9.08. The molecule has 1 aliphatic heterocycles. The average molecular weight is 394 g/mol. The molecule has 2 N–H and O–H groups in total. The van der Waals surface area contributed by atoms with Crippen molar-refractivity contribution < 1.29 is 13.2 Å². The standard InChI is InChI=1S/C12H16BrN3O3S2/c1-2-21(18,19)10-7-20-4-3-16(10)12(17)9-5-8(13)6-15-11(9)14/h5-6,10H,2-4,7H2,1H3,(H2,14,15). The van der Waals surface area contributed by atoms with Gasteiger partial charge in [0.2, 0.25) is 0 Å². The predicted octanol–water partition coefficient (Wildman–Crippen LogP) is 1.38. The number of thioether (sulfide) groups is 1. The molecule has 0 aliphatic carbocycles. The van der Waals surface area contributed by atoms with Crippen LogP contribution in [-0.4, -0.2) is 53.4 Å². The first-order valence-electron chi connectivity index (χ1n) is 6.38. The van der Waals surface area contributed by atoms with Crippen LogP contribution in [0.4, 0.5) is 5.82 Å². The molecule has 1 amide bonds. The van der Waals surface area contributed by atoms with E-state index in [1.54, 1.807) is 13.0 Å². The first kappa shape index (κ1) is 16.6. The van der Waals surface area contributed by atoms with Crippen molar-refractivity contribution >= 4 is 49.3 Å². The van der Waals surface area contributed by atoms with E-state index in [0.29, 0.717) is 22.5 Å². The van der Waals surface area contributed by atoms with E-state index in [4.69, 9.17) is 5.73 Å². The summed E-state index contributed by atoms with van der Waals surface area (Å²) in [7, 11) is -3.34. The van der Waals surface area contributed by atoms with Crippen LogP contribution in [0.3, 0.4) is 0 Å². The van der Waals surface area contributed by atoms with Crippen LogP contribution in [0, 0.1) is 0 Å². The zero-order chi connectivity index (χ0) is 15.6. The minimum Gasteiger partial charge on any atom is -0.383 e. The number of rotatable bonds is 3. The molecule has 1 unspecified atom stereocenters. The quantitative estimate of drug-likeness (QED) is 0.833. The van der Waals surface area contributed by atoms with Gasteiger partial charge in [0.1, 0.15) is 11.2 Å². The monoisotopic (exact) mass is 393 g/mol. The zero-order valence-electron chi connectivity index (χ0n) is 11.5. The Morgan fingerprint density at radius 2 is 2.33 bits per heavy atom. The molecule has 0 spiro atoms. The van der Waals surface area contributed by atoms with Crippen molar-refractivity contribution in [1.82, 2.24) is 9.88 Å². The molecule has 1 saturated heterocycles. The molecule has 0 saturated carbocycles. The second kappa shape index (κ2) is 6.53. The van der Waals surface area contributed by atoms with Gasteiger partial charge in [0.05, 0.1) is 5.56 Å². The van der Waals surface area contributed by atoms with Crippen LogP contribution in [0.15, 0.2) is 16.7 Å². The predicted molar refractivity (Wildman–Crippen MR) is 88.0 cm³/mol. The minimum atomic E-state index is -3.34. The van der Waals surface area contributed by atoms with Crippen LogP contribution < -0.4 is 5.73 Å². The number of halogens is 1. The van der Waals surface area contributed by atoms with Gasteiger partial charge in [0.15, 0.2) is 9.84 Å². The molecule has 0 aromatic carbocycles. The highest BCUT2D eigenvalue weighted by molar-refractivity contribution is 9.10. The minimum absolute atomic E-state index is 0.00816. The van der Waals surface area contributed by atoms with Crippen molar-refractivity contribution in [2.75, 3.05) is 29.5 Å². The van der Waals surface area contributed by atoms with Crippen LogP contribution in [-0.2, 0) is 9.84 Å². The lowest BCUT2D eigenvalue weighted by atomic mass is 10.2. The number of carbonyl (C=O) groups is 1. The second-order valence-electron chi connectivity index (χ2n) is 4.57. The summed E-state index contributed by atoms with van der Waals surface area (Å²) >= 11 is 4.79. The molecular formula is C12H16BrN3O3S2. The summed E-state index contributed by atoms with van der Waals surface area (Å²) < 4.78 is 25.0. The number of nitrogen functional groups attached to an aromatic ring is 1. The highest BCUT2D eigenvalue weighted by Crippen LogP contribution is 2.25. The van der Waals surface area contributed by atoms with Gasteiger partial charge in [-0.1, -0.05) is 6.92 Å². The fourth-order valence-corrected chi connectivity index (χ4v) is 5.38. The lowest BCUT2D eigenvalue weighted by Gasteiger charge is -2.34. The Kier molecular flexibility index (Phi) is 5.15.